The van der Waals surface area contributed by atoms with Crippen LogP contribution in [0.25, 0.3) is 0 Å². The number of hydrogen-bond donors (Lipinski definition) is 0. The van der Waals surface area contributed by atoms with Gasteiger partial charge in [0.25, 0.3) is 10.0 Å². The molecule has 0 amide bonds. The lowest BCUT2D eigenvalue weighted by molar-refractivity contribution is 0.132. The number of halogens is 1. The molecule has 4 rings (SSSR count). The minimum Gasteiger partial charge on any atom is -0.352 e. The van der Waals surface area contributed by atoms with E-state index in [-0.39, 0.29) is 27.6 Å². The van der Waals surface area contributed by atoms with Gasteiger partial charge in [0.2, 0.25) is 0 Å². The molecule has 1 saturated carbocycles. The van der Waals surface area contributed by atoms with E-state index >= 15 is 0 Å². The van der Waals surface area contributed by atoms with E-state index in [4.69, 9.17) is 0 Å². The molecular weight excluding hydrogens is 387 g/mol. The molecule has 2 aliphatic rings. The Morgan fingerprint density at radius 2 is 1.69 bits per heavy atom. The van der Waals surface area contributed by atoms with Gasteiger partial charge in [0.05, 0.1) is 4.90 Å². The molecule has 1 aliphatic heterocycles. The van der Waals surface area contributed by atoms with Gasteiger partial charge in [0.15, 0.2) is 0 Å². The molecule has 2 atom stereocenters. The maximum atomic E-state index is 13.5. The molecule has 4 nitrogen and oxygen atoms in total. The van der Waals surface area contributed by atoms with Gasteiger partial charge in [-0.3, -0.25) is 0 Å². The molecule has 2 fully saturated rings. The number of fused-ring (bicyclic) bond motifs is 2. The molecule has 2 aromatic carbocycles. The molecule has 0 N–H and O–H groups in total. The zero-order valence-corrected chi connectivity index (χ0v) is 17.9. The summed E-state index contributed by atoms with van der Waals surface area (Å²) >= 11 is 0. The van der Waals surface area contributed by atoms with E-state index in [2.05, 4.69) is 30.1 Å². The smallest absolute Gasteiger partial charge is 0.284 e. The number of amidine groups is 1. The standard InChI is InChI=1S/C23H27FN2O2S/c1-22(2)13-19-14-23(3,15-22)16-26(19)21(17-9-11-18(24)12-10-17)25-29(27,28)20-7-5-4-6-8-20/h4-12,19H,13-16H2,1-3H3/t19-,23+/m1/s1. The van der Waals surface area contributed by atoms with Gasteiger partial charge in [-0.05, 0) is 66.5 Å². The quantitative estimate of drug-likeness (QED) is 0.532. The maximum absolute atomic E-state index is 13.5. The topological polar surface area (TPSA) is 49.7 Å². The average Bonchev–Trinajstić information content (AvgIpc) is 2.90. The van der Waals surface area contributed by atoms with Gasteiger partial charge in [-0.25, -0.2) is 4.39 Å². The number of rotatable bonds is 3. The molecule has 2 aromatic rings. The molecule has 6 heteroatoms. The molecule has 1 saturated heterocycles. The second-order valence-corrected chi connectivity index (χ2v) is 11.2. The average molecular weight is 415 g/mol. The normalized spacial score (nSPS) is 26.6. The van der Waals surface area contributed by atoms with Crippen LogP contribution in [0.2, 0.25) is 0 Å². The summed E-state index contributed by atoms with van der Waals surface area (Å²) in [4.78, 5) is 2.30. The molecule has 0 aromatic heterocycles. The molecule has 0 spiro atoms. The maximum Gasteiger partial charge on any atom is 0.284 e. The largest absolute Gasteiger partial charge is 0.352 e. The SMILES string of the molecule is CC1(C)C[C@@H]2C[C@](C)(CN2C(=NS(=O)(=O)c2ccccc2)c2ccc(F)cc2)C1. The van der Waals surface area contributed by atoms with Crippen molar-refractivity contribution in [3.63, 3.8) is 0 Å². The third-order valence-corrected chi connectivity index (χ3v) is 7.32. The summed E-state index contributed by atoms with van der Waals surface area (Å²) in [6.45, 7) is 7.57. The third kappa shape index (κ3) is 4.08. The fraction of sp³-hybridized carbons (Fsp3) is 0.435. The predicted molar refractivity (Wildman–Crippen MR) is 113 cm³/mol. The summed E-state index contributed by atoms with van der Waals surface area (Å²) in [6, 6.07) is 14.4. The van der Waals surface area contributed by atoms with Crippen molar-refractivity contribution in [2.45, 2.75) is 51.0 Å². The van der Waals surface area contributed by atoms with Crippen LogP contribution in [0.15, 0.2) is 63.9 Å². The highest BCUT2D eigenvalue weighted by Gasteiger charge is 2.50. The number of nitrogens with zero attached hydrogens (tertiary/aromatic N) is 2. The van der Waals surface area contributed by atoms with Gasteiger partial charge < -0.3 is 4.90 Å². The summed E-state index contributed by atoms with van der Waals surface area (Å²) in [5.74, 6) is 0.0626. The lowest BCUT2D eigenvalue weighted by atomic mass is 9.65. The van der Waals surface area contributed by atoms with Crippen molar-refractivity contribution >= 4 is 15.9 Å². The van der Waals surface area contributed by atoms with Crippen molar-refractivity contribution in [1.82, 2.24) is 4.90 Å². The number of sulfonamides is 1. The first-order valence-corrected chi connectivity index (χ1v) is 11.4. The number of likely N-dealkylation sites (tertiary alicyclic amines) is 1. The highest BCUT2D eigenvalue weighted by molar-refractivity contribution is 7.90. The van der Waals surface area contributed by atoms with Crippen LogP contribution in [0.4, 0.5) is 4.39 Å². The summed E-state index contributed by atoms with van der Waals surface area (Å²) in [6.07, 6.45) is 3.09. The van der Waals surface area contributed by atoms with Crippen LogP contribution >= 0.6 is 0 Å². The zero-order chi connectivity index (χ0) is 20.9. The van der Waals surface area contributed by atoms with Crippen LogP contribution < -0.4 is 0 Å². The summed E-state index contributed by atoms with van der Waals surface area (Å²) in [5.41, 5.74) is 0.933. The van der Waals surface area contributed by atoms with E-state index in [1.807, 2.05) is 0 Å². The van der Waals surface area contributed by atoms with Crippen molar-refractivity contribution in [3.05, 3.63) is 66.0 Å². The van der Waals surface area contributed by atoms with Crippen LogP contribution in [0.1, 0.15) is 45.6 Å². The molecule has 0 radical (unpaired) electrons. The van der Waals surface area contributed by atoms with Gasteiger partial charge >= 0.3 is 0 Å². The van der Waals surface area contributed by atoms with Gasteiger partial charge in [-0.15, -0.1) is 4.40 Å². The molecule has 0 unspecified atom stereocenters. The molecule has 29 heavy (non-hydrogen) atoms. The van der Waals surface area contributed by atoms with Crippen LogP contribution in [-0.4, -0.2) is 31.7 Å². The fourth-order valence-corrected chi connectivity index (χ4v) is 6.38. The van der Waals surface area contributed by atoms with Gasteiger partial charge in [0.1, 0.15) is 11.7 Å². The second-order valence-electron chi connectivity index (χ2n) is 9.55. The first-order valence-electron chi connectivity index (χ1n) is 10.00. The van der Waals surface area contributed by atoms with E-state index in [0.29, 0.717) is 11.4 Å². The lowest BCUT2D eigenvalue weighted by Gasteiger charge is -2.39. The minimum absolute atomic E-state index is 0.115. The Morgan fingerprint density at radius 1 is 1.03 bits per heavy atom. The van der Waals surface area contributed by atoms with Crippen LogP contribution in [0, 0.1) is 16.6 Å². The monoisotopic (exact) mass is 414 g/mol. The Morgan fingerprint density at radius 3 is 2.34 bits per heavy atom. The molecule has 1 aliphatic carbocycles. The zero-order valence-electron chi connectivity index (χ0n) is 17.1. The minimum atomic E-state index is -3.88. The van der Waals surface area contributed by atoms with Gasteiger partial charge in [0, 0.05) is 18.2 Å². The van der Waals surface area contributed by atoms with Crippen molar-refractivity contribution < 1.29 is 12.8 Å². The van der Waals surface area contributed by atoms with Gasteiger partial charge in [-0.1, -0.05) is 39.0 Å². The van der Waals surface area contributed by atoms with Crippen molar-refractivity contribution in [3.8, 4) is 0 Å². The third-order valence-electron chi connectivity index (χ3n) is 6.04. The Bertz CT molecular complexity index is 1030. The molecule has 154 valence electrons. The van der Waals surface area contributed by atoms with Gasteiger partial charge in [-0.2, -0.15) is 8.42 Å². The summed E-state index contributed by atoms with van der Waals surface area (Å²) in [5, 5.41) is 0. The molecular formula is C23H27FN2O2S. The van der Waals surface area contributed by atoms with Crippen LogP contribution in [-0.2, 0) is 10.0 Å². The van der Waals surface area contributed by atoms with E-state index in [9.17, 15) is 12.8 Å². The van der Waals surface area contributed by atoms with E-state index in [1.165, 1.54) is 12.1 Å². The van der Waals surface area contributed by atoms with Crippen molar-refractivity contribution in [2.24, 2.45) is 15.2 Å². The fourth-order valence-electron chi connectivity index (χ4n) is 5.34. The highest BCUT2D eigenvalue weighted by Crippen LogP contribution is 2.52. The van der Waals surface area contributed by atoms with Crippen LogP contribution in [0.3, 0.4) is 0 Å². The van der Waals surface area contributed by atoms with Crippen molar-refractivity contribution in [1.29, 1.82) is 0 Å². The Balaban J connectivity index is 1.81. The first-order chi connectivity index (χ1) is 13.6. The Labute approximate surface area is 172 Å². The number of benzene rings is 2. The van der Waals surface area contributed by atoms with Crippen LogP contribution in [0.5, 0.6) is 0 Å². The Kier molecular flexibility index (Phi) is 4.80. The van der Waals surface area contributed by atoms with E-state index < -0.39 is 10.0 Å². The Hall–Kier alpha value is -2.21. The highest BCUT2D eigenvalue weighted by atomic mass is 32.2. The van der Waals surface area contributed by atoms with E-state index in [0.717, 1.165) is 25.8 Å². The first kappa shape index (κ1) is 20.1. The predicted octanol–water partition coefficient (Wildman–Crippen LogP) is 4.86. The summed E-state index contributed by atoms with van der Waals surface area (Å²) in [7, 11) is -3.88. The molecule has 1 heterocycles. The molecule has 2 bridgehead atoms. The summed E-state index contributed by atoms with van der Waals surface area (Å²) < 4.78 is 43.9. The van der Waals surface area contributed by atoms with E-state index in [1.54, 1.807) is 42.5 Å². The second kappa shape index (κ2) is 6.94. The lowest BCUT2D eigenvalue weighted by Crippen LogP contribution is -2.38. The van der Waals surface area contributed by atoms with Crippen molar-refractivity contribution in [2.75, 3.05) is 6.54 Å². The number of hydrogen-bond acceptors (Lipinski definition) is 2.